The number of carbonyl (C=O) groups excluding carboxylic acids is 1. The van der Waals surface area contributed by atoms with E-state index in [0.29, 0.717) is 13.2 Å². The van der Waals surface area contributed by atoms with Gasteiger partial charge < -0.3 is 15.0 Å². The van der Waals surface area contributed by atoms with Crippen molar-refractivity contribution in [3.05, 3.63) is 16.1 Å². The first-order chi connectivity index (χ1) is 11.1. The second-order valence-electron chi connectivity index (χ2n) is 5.53. The van der Waals surface area contributed by atoms with E-state index in [0.717, 1.165) is 43.4 Å². The fourth-order valence-corrected chi connectivity index (χ4v) is 3.36. The van der Waals surface area contributed by atoms with Crippen LogP contribution in [0.4, 0.5) is 0 Å². The van der Waals surface area contributed by atoms with E-state index < -0.39 is 0 Å². The molecule has 0 amide bonds. The standard InChI is InChI=1S/C16H26N4O2S/c1-4-17-16(19-11-14-10-18-12(3)23-14)20-8-6-13(7-9-20)15(21)22-5-2/h10,13H,4-9,11H2,1-3H3,(H,17,19). The van der Waals surface area contributed by atoms with Crippen LogP contribution in [-0.2, 0) is 16.1 Å². The van der Waals surface area contributed by atoms with Crippen LogP contribution in [0, 0.1) is 12.8 Å². The van der Waals surface area contributed by atoms with Gasteiger partial charge in [-0.25, -0.2) is 9.98 Å². The Morgan fingerprint density at radius 1 is 1.48 bits per heavy atom. The number of aryl methyl sites for hydroxylation is 1. The van der Waals surface area contributed by atoms with Gasteiger partial charge in [0.15, 0.2) is 5.96 Å². The summed E-state index contributed by atoms with van der Waals surface area (Å²) >= 11 is 1.68. The summed E-state index contributed by atoms with van der Waals surface area (Å²) in [6.07, 6.45) is 3.53. The van der Waals surface area contributed by atoms with Gasteiger partial charge in [0.05, 0.1) is 24.1 Å². The Kier molecular flexibility index (Phi) is 6.83. The molecule has 0 atom stereocenters. The summed E-state index contributed by atoms with van der Waals surface area (Å²) in [7, 11) is 0. The summed E-state index contributed by atoms with van der Waals surface area (Å²) in [6, 6.07) is 0. The molecule has 1 fully saturated rings. The Bertz CT molecular complexity index is 536. The number of hydrogen-bond acceptors (Lipinski definition) is 5. The minimum Gasteiger partial charge on any atom is -0.466 e. The summed E-state index contributed by atoms with van der Waals surface area (Å²) < 4.78 is 5.12. The van der Waals surface area contributed by atoms with E-state index in [1.807, 2.05) is 20.0 Å². The molecule has 0 spiro atoms. The number of guanidine groups is 1. The Morgan fingerprint density at radius 3 is 2.78 bits per heavy atom. The van der Waals surface area contributed by atoms with E-state index in [-0.39, 0.29) is 11.9 Å². The Labute approximate surface area is 142 Å². The maximum Gasteiger partial charge on any atom is 0.309 e. The molecule has 128 valence electrons. The molecule has 1 N–H and O–H groups in total. The molecule has 0 aliphatic carbocycles. The second-order valence-corrected chi connectivity index (χ2v) is 6.85. The van der Waals surface area contributed by atoms with Gasteiger partial charge in [0.25, 0.3) is 0 Å². The van der Waals surface area contributed by atoms with E-state index in [1.54, 1.807) is 11.3 Å². The van der Waals surface area contributed by atoms with E-state index in [1.165, 1.54) is 4.88 Å². The van der Waals surface area contributed by atoms with Crippen molar-refractivity contribution in [1.82, 2.24) is 15.2 Å². The minimum atomic E-state index is -0.0609. The summed E-state index contributed by atoms with van der Waals surface area (Å²) in [6.45, 7) is 9.51. The molecular weight excluding hydrogens is 312 g/mol. The van der Waals surface area contributed by atoms with E-state index in [2.05, 4.69) is 22.1 Å². The van der Waals surface area contributed by atoms with Gasteiger partial charge in [0.1, 0.15) is 0 Å². The van der Waals surface area contributed by atoms with Crippen LogP contribution in [-0.4, -0.2) is 48.1 Å². The lowest BCUT2D eigenvalue weighted by Crippen LogP contribution is -2.46. The maximum atomic E-state index is 11.8. The van der Waals surface area contributed by atoms with Gasteiger partial charge in [-0.15, -0.1) is 11.3 Å². The average Bonchev–Trinajstić information content (AvgIpc) is 2.97. The van der Waals surface area contributed by atoms with Crippen LogP contribution in [0.2, 0.25) is 0 Å². The van der Waals surface area contributed by atoms with Gasteiger partial charge >= 0.3 is 5.97 Å². The molecule has 2 heterocycles. The Balaban J connectivity index is 1.92. The normalized spacial score (nSPS) is 16.5. The monoisotopic (exact) mass is 338 g/mol. The van der Waals surface area contributed by atoms with Crippen molar-refractivity contribution >= 4 is 23.3 Å². The second kappa shape index (κ2) is 8.86. The van der Waals surface area contributed by atoms with Crippen LogP contribution in [0.15, 0.2) is 11.2 Å². The first-order valence-electron chi connectivity index (χ1n) is 8.25. The van der Waals surface area contributed by atoms with Crippen LogP contribution in [0.3, 0.4) is 0 Å². The molecule has 0 radical (unpaired) electrons. The van der Waals surface area contributed by atoms with Gasteiger partial charge in [-0.2, -0.15) is 0 Å². The highest BCUT2D eigenvalue weighted by molar-refractivity contribution is 7.11. The van der Waals surface area contributed by atoms with Gasteiger partial charge in [-0.3, -0.25) is 4.79 Å². The lowest BCUT2D eigenvalue weighted by atomic mass is 9.97. The van der Waals surface area contributed by atoms with Gasteiger partial charge in [-0.05, 0) is 33.6 Å². The van der Waals surface area contributed by atoms with Crippen molar-refractivity contribution in [2.45, 2.75) is 40.2 Å². The molecule has 1 aliphatic heterocycles. The van der Waals surface area contributed by atoms with Crippen LogP contribution in [0.25, 0.3) is 0 Å². The molecule has 23 heavy (non-hydrogen) atoms. The van der Waals surface area contributed by atoms with Crippen molar-refractivity contribution in [1.29, 1.82) is 0 Å². The number of thiazole rings is 1. The largest absolute Gasteiger partial charge is 0.466 e. The highest BCUT2D eigenvalue weighted by Gasteiger charge is 2.27. The van der Waals surface area contributed by atoms with E-state index in [9.17, 15) is 4.79 Å². The summed E-state index contributed by atoms with van der Waals surface area (Å²) in [5.74, 6) is 0.883. The molecule has 1 aromatic rings. The molecule has 7 heteroatoms. The van der Waals surface area contributed by atoms with Crippen molar-refractivity contribution in [3.63, 3.8) is 0 Å². The number of nitrogens with zero attached hydrogens (tertiary/aromatic N) is 3. The number of aromatic nitrogens is 1. The predicted octanol–water partition coefficient (Wildman–Crippen LogP) is 2.19. The lowest BCUT2D eigenvalue weighted by Gasteiger charge is -2.33. The molecule has 6 nitrogen and oxygen atoms in total. The SMILES string of the molecule is CCNC(=NCc1cnc(C)s1)N1CCC(C(=O)OCC)CC1. The number of aliphatic imine (C=N–C) groups is 1. The van der Waals surface area contributed by atoms with E-state index >= 15 is 0 Å². The Morgan fingerprint density at radius 2 is 2.22 bits per heavy atom. The number of rotatable bonds is 5. The number of esters is 1. The maximum absolute atomic E-state index is 11.8. The average molecular weight is 338 g/mol. The van der Waals surface area contributed by atoms with Crippen LogP contribution >= 0.6 is 11.3 Å². The molecule has 1 aromatic heterocycles. The summed E-state index contributed by atoms with van der Waals surface area (Å²) in [4.78, 5) is 24.2. The highest BCUT2D eigenvalue weighted by atomic mass is 32.1. The smallest absolute Gasteiger partial charge is 0.309 e. The predicted molar refractivity (Wildman–Crippen MR) is 92.6 cm³/mol. The molecule has 0 unspecified atom stereocenters. The summed E-state index contributed by atoms with van der Waals surface area (Å²) in [5, 5.41) is 4.41. The topological polar surface area (TPSA) is 66.8 Å². The highest BCUT2D eigenvalue weighted by Crippen LogP contribution is 2.19. The third-order valence-electron chi connectivity index (χ3n) is 3.80. The van der Waals surface area contributed by atoms with Crippen molar-refractivity contribution in [2.24, 2.45) is 10.9 Å². The first-order valence-corrected chi connectivity index (χ1v) is 9.06. The van der Waals surface area contributed by atoms with Gasteiger partial charge in [0, 0.05) is 30.7 Å². The number of likely N-dealkylation sites (tertiary alicyclic amines) is 1. The molecular formula is C16H26N4O2S. The lowest BCUT2D eigenvalue weighted by molar-refractivity contribution is -0.149. The fourth-order valence-electron chi connectivity index (χ4n) is 2.64. The zero-order valence-electron chi connectivity index (χ0n) is 14.2. The van der Waals surface area contributed by atoms with Crippen LogP contribution < -0.4 is 5.32 Å². The van der Waals surface area contributed by atoms with Gasteiger partial charge in [-0.1, -0.05) is 0 Å². The molecule has 0 saturated carbocycles. The third kappa shape index (κ3) is 5.20. The number of hydrogen-bond donors (Lipinski definition) is 1. The number of piperidine rings is 1. The van der Waals surface area contributed by atoms with Crippen molar-refractivity contribution in [3.8, 4) is 0 Å². The molecule has 2 rings (SSSR count). The van der Waals surface area contributed by atoms with E-state index in [4.69, 9.17) is 9.73 Å². The number of ether oxygens (including phenoxy) is 1. The molecule has 1 aliphatic rings. The molecule has 1 saturated heterocycles. The van der Waals surface area contributed by atoms with Crippen LogP contribution in [0.5, 0.6) is 0 Å². The summed E-state index contributed by atoms with van der Waals surface area (Å²) in [5.41, 5.74) is 0. The fraction of sp³-hybridized carbons (Fsp3) is 0.688. The third-order valence-corrected chi connectivity index (χ3v) is 4.70. The zero-order chi connectivity index (χ0) is 16.7. The van der Waals surface area contributed by atoms with Crippen molar-refractivity contribution in [2.75, 3.05) is 26.2 Å². The zero-order valence-corrected chi connectivity index (χ0v) is 15.0. The molecule has 0 aromatic carbocycles. The number of carbonyl (C=O) groups is 1. The first kappa shape index (κ1) is 17.7. The number of nitrogens with one attached hydrogen (secondary N) is 1. The molecule has 0 bridgehead atoms. The van der Waals surface area contributed by atoms with Gasteiger partial charge in [0.2, 0.25) is 0 Å². The van der Waals surface area contributed by atoms with Crippen molar-refractivity contribution < 1.29 is 9.53 Å². The van der Waals surface area contributed by atoms with Crippen LogP contribution in [0.1, 0.15) is 36.6 Å². The Hall–Kier alpha value is -1.63. The minimum absolute atomic E-state index is 0.0261. The quantitative estimate of drug-likeness (QED) is 0.506.